The minimum Gasteiger partial charge on any atom is -0.342 e. The van der Waals surface area contributed by atoms with E-state index in [0.717, 1.165) is 0 Å². The number of rotatable bonds is 3. The summed E-state index contributed by atoms with van der Waals surface area (Å²) in [4.78, 5) is 22.4. The Labute approximate surface area is 86.4 Å². The lowest BCUT2D eigenvalue weighted by Crippen LogP contribution is -2.15. The molecule has 0 aliphatic rings. The fourth-order valence-corrected chi connectivity index (χ4v) is 1.29. The summed E-state index contributed by atoms with van der Waals surface area (Å²) >= 11 is 0. The summed E-state index contributed by atoms with van der Waals surface area (Å²) in [5.74, 6) is 0.344. The predicted octanol–water partition coefficient (Wildman–Crippen LogP) is 0.813. The van der Waals surface area contributed by atoms with Gasteiger partial charge >= 0.3 is 0 Å². The van der Waals surface area contributed by atoms with Crippen molar-refractivity contribution >= 4 is 5.78 Å². The average Bonchev–Trinajstić information content (AvgIpc) is 2.88. The first-order chi connectivity index (χ1) is 7.20. The van der Waals surface area contributed by atoms with Crippen LogP contribution in [0.1, 0.15) is 36.3 Å². The molecule has 6 heteroatoms. The number of nitrogens with zero attached hydrogens (tertiary/aromatic N) is 4. The molecule has 78 valence electrons. The number of carbonyl (C=O) groups is 1. The molecule has 2 aromatic rings. The van der Waals surface area contributed by atoms with E-state index in [1.54, 1.807) is 10.9 Å². The van der Waals surface area contributed by atoms with E-state index in [0.29, 0.717) is 5.82 Å². The molecular weight excluding hydrogens is 194 g/mol. The first-order valence-corrected chi connectivity index (χ1v) is 4.63. The van der Waals surface area contributed by atoms with E-state index in [1.807, 2.05) is 13.8 Å². The molecule has 0 radical (unpaired) electrons. The summed E-state index contributed by atoms with van der Waals surface area (Å²) in [7, 11) is 0. The van der Waals surface area contributed by atoms with Crippen molar-refractivity contribution in [3.8, 4) is 0 Å². The van der Waals surface area contributed by atoms with E-state index < -0.39 is 0 Å². The molecule has 0 bridgehead atoms. The Morgan fingerprint density at radius 1 is 1.47 bits per heavy atom. The number of aromatic nitrogens is 5. The molecule has 0 atom stereocenters. The van der Waals surface area contributed by atoms with Crippen molar-refractivity contribution in [2.75, 3.05) is 0 Å². The van der Waals surface area contributed by atoms with E-state index in [9.17, 15) is 4.79 Å². The third-order valence-corrected chi connectivity index (χ3v) is 1.98. The van der Waals surface area contributed by atoms with Crippen LogP contribution in [-0.4, -0.2) is 30.5 Å². The van der Waals surface area contributed by atoms with E-state index in [4.69, 9.17) is 0 Å². The Kier molecular flexibility index (Phi) is 2.32. The van der Waals surface area contributed by atoms with Gasteiger partial charge in [0.2, 0.25) is 5.82 Å². The number of nitrogens with one attached hydrogen (secondary N) is 1. The average molecular weight is 205 g/mol. The van der Waals surface area contributed by atoms with Crippen LogP contribution < -0.4 is 0 Å². The smallest absolute Gasteiger partial charge is 0.265 e. The van der Waals surface area contributed by atoms with Gasteiger partial charge in [-0.3, -0.25) is 4.79 Å². The van der Waals surface area contributed by atoms with E-state index in [-0.39, 0.29) is 17.6 Å². The zero-order valence-corrected chi connectivity index (χ0v) is 8.51. The van der Waals surface area contributed by atoms with E-state index >= 15 is 0 Å². The molecule has 0 fully saturated rings. The topological polar surface area (TPSA) is 76.5 Å². The van der Waals surface area contributed by atoms with Crippen LogP contribution >= 0.6 is 0 Å². The van der Waals surface area contributed by atoms with Crippen molar-refractivity contribution in [2.24, 2.45) is 0 Å². The molecule has 0 aliphatic carbocycles. The van der Waals surface area contributed by atoms with Gasteiger partial charge in [0.15, 0.2) is 5.82 Å². The molecule has 6 nitrogen and oxygen atoms in total. The van der Waals surface area contributed by atoms with Gasteiger partial charge in [-0.1, -0.05) is 0 Å². The molecule has 0 saturated heterocycles. The molecular formula is C9H11N5O. The van der Waals surface area contributed by atoms with Crippen molar-refractivity contribution in [3.63, 3.8) is 0 Å². The zero-order chi connectivity index (χ0) is 10.8. The standard InChI is InChI=1S/C9H11N5O/c1-6(2)14-9(12-5-13-14)7(15)8-10-3-4-11-8/h3-6H,1-2H3,(H,10,11). The Morgan fingerprint density at radius 2 is 2.27 bits per heavy atom. The lowest BCUT2D eigenvalue weighted by Gasteiger charge is -2.06. The van der Waals surface area contributed by atoms with Crippen LogP contribution in [0.2, 0.25) is 0 Å². The number of ketones is 1. The van der Waals surface area contributed by atoms with Gasteiger partial charge in [0.25, 0.3) is 5.78 Å². The molecule has 0 unspecified atom stereocenters. The van der Waals surface area contributed by atoms with Gasteiger partial charge in [-0.25, -0.2) is 14.6 Å². The van der Waals surface area contributed by atoms with Gasteiger partial charge in [-0.2, -0.15) is 5.10 Å². The number of hydrogen-bond acceptors (Lipinski definition) is 4. The van der Waals surface area contributed by atoms with Crippen LogP contribution in [0.15, 0.2) is 18.7 Å². The third-order valence-electron chi connectivity index (χ3n) is 1.98. The molecule has 2 aromatic heterocycles. The van der Waals surface area contributed by atoms with Crippen molar-refractivity contribution in [1.29, 1.82) is 0 Å². The minimum absolute atomic E-state index is 0.0985. The van der Waals surface area contributed by atoms with Crippen molar-refractivity contribution in [1.82, 2.24) is 24.7 Å². The number of imidazole rings is 1. The van der Waals surface area contributed by atoms with Gasteiger partial charge < -0.3 is 4.98 Å². The van der Waals surface area contributed by atoms with Gasteiger partial charge in [-0.15, -0.1) is 0 Å². The molecule has 15 heavy (non-hydrogen) atoms. The summed E-state index contributed by atoms with van der Waals surface area (Å²) in [6.45, 7) is 3.88. The van der Waals surface area contributed by atoms with Crippen LogP contribution in [0.4, 0.5) is 0 Å². The molecule has 0 amide bonds. The highest BCUT2D eigenvalue weighted by Crippen LogP contribution is 2.08. The molecule has 0 aromatic carbocycles. The number of carbonyl (C=O) groups excluding carboxylic acids is 1. The molecule has 1 N–H and O–H groups in total. The van der Waals surface area contributed by atoms with E-state index in [2.05, 4.69) is 20.1 Å². The lowest BCUT2D eigenvalue weighted by atomic mass is 10.3. The fourth-order valence-electron chi connectivity index (χ4n) is 1.29. The van der Waals surface area contributed by atoms with Crippen LogP contribution in [0.5, 0.6) is 0 Å². The summed E-state index contributed by atoms with van der Waals surface area (Å²) in [6, 6.07) is 0.0985. The van der Waals surface area contributed by atoms with Gasteiger partial charge in [0.05, 0.1) is 0 Å². The first kappa shape index (κ1) is 9.57. The van der Waals surface area contributed by atoms with Crippen molar-refractivity contribution in [2.45, 2.75) is 19.9 Å². The second-order valence-electron chi connectivity index (χ2n) is 3.39. The summed E-state index contributed by atoms with van der Waals surface area (Å²) < 4.78 is 1.57. The summed E-state index contributed by atoms with van der Waals surface area (Å²) in [6.07, 6.45) is 4.50. The first-order valence-electron chi connectivity index (χ1n) is 4.63. The molecule has 2 rings (SSSR count). The Morgan fingerprint density at radius 3 is 2.87 bits per heavy atom. The number of hydrogen-bond donors (Lipinski definition) is 1. The SMILES string of the molecule is CC(C)n1ncnc1C(=O)c1ncc[nH]1. The highest BCUT2D eigenvalue weighted by Gasteiger charge is 2.19. The Bertz CT molecular complexity index is 457. The maximum absolute atomic E-state index is 11.9. The lowest BCUT2D eigenvalue weighted by molar-refractivity contribution is 0.101. The number of aromatic amines is 1. The highest BCUT2D eigenvalue weighted by atomic mass is 16.1. The summed E-state index contributed by atoms with van der Waals surface area (Å²) in [5, 5.41) is 3.99. The Hall–Kier alpha value is -1.98. The minimum atomic E-state index is -0.244. The largest absolute Gasteiger partial charge is 0.342 e. The van der Waals surface area contributed by atoms with Gasteiger partial charge in [0, 0.05) is 18.4 Å². The van der Waals surface area contributed by atoms with Gasteiger partial charge in [0.1, 0.15) is 6.33 Å². The summed E-state index contributed by atoms with van der Waals surface area (Å²) in [5.41, 5.74) is 0. The number of H-pyrrole nitrogens is 1. The second-order valence-corrected chi connectivity index (χ2v) is 3.39. The van der Waals surface area contributed by atoms with Crippen molar-refractivity contribution in [3.05, 3.63) is 30.4 Å². The monoisotopic (exact) mass is 205 g/mol. The van der Waals surface area contributed by atoms with Crippen LogP contribution in [0.3, 0.4) is 0 Å². The second kappa shape index (κ2) is 3.64. The fraction of sp³-hybridized carbons (Fsp3) is 0.333. The zero-order valence-electron chi connectivity index (χ0n) is 8.51. The highest BCUT2D eigenvalue weighted by molar-refractivity contribution is 6.03. The van der Waals surface area contributed by atoms with Crippen LogP contribution in [-0.2, 0) is 0 Å². The van der Waals surface area contributed by atoms with Crippen LogP contribution in [0, 0.1) is 0 Å². The molecule has 0 spiro atoms. The Balaban J connectivity index is 2.38. The van der Waals surface area contributed by atoms with Gasteiger partial charge in [-0.05, 0) is 13.8 Å². The molecule has 0 saturated carbocycles. The maximum Gasteiger partial charge on any atom is 0.265 e. The normalized spacial score (nSPS) is 10.9. The molecule has 0 aliphatic heterocycles. The third kappa shape index (κ3) is 1.65. The maximum atomic E-state index is 11.9. The van der Waals surface area contributed by atoms with E-state index in [1.165, 1.54) is 12.5 Å². The van der Waals surface area contributed by atoms with Crippen molar-refractivity contribution < 1.29 is 4.79 Å². The predicted molar refractivity (Wildman–Crippen MR) is 52.4 cm³/mol. The van der Waals surface area contributed by atoms with Crippen LogP contribution in [0.25, 0.3) is 0 Å². The quantitative estimate of drug-likeness (QED) is 0.752. The molecule has 2 heterocycles.